The van der Waals surface area contributed by atoms with Gasteiger partial charge in [0.15, 0.2) is 0 Å². The van der Waals surface area contributed by atoms with Gasteiger partial charge in [-0.3, -0.25) is 0 Å². The molecule has 0 heterocycles. The molecular formula is C16H15F3O6. The first-order valence-corrected chi connectivity index (χ1v) is 6.95. The lowest BCUT2D eigenvalue weighted by Crippen LogP contribution is -2.12. The lowest BCUT2D eigenvalue weighted by atomic mass is 10.1. The average Bonchev–Trinajstić information content (AvgIpc) is 2.51. The Morgan fingerprint density at radius 1 is 1.24 bits per heavy atom. The van der Waals surface area contributed by atoms with Gasteiger partial charge in [0.25, 0.3) is 0 Å². The van der Waals surface area contributed by atoms with Crippen LogP contribution in [-0.4, -0.2) is 24.0 Å². The molecule has 0 spiro atoms. The maximum atomic E-state index is 12.7. The van der Waals surface area contributed by atoms with Gasteiger partial charge in [-0.1, -0.05) is 24.3 Å². The Balaban J connectivity index is 3.05. The van der Waals surface area contributed by atoms with Crippen LogP contribution in [0.2, 0.25) is 0 Å². The van der Waals surface area contributed by atoms with E-state index in [0.717, 1.165) is 12.1 Å². The molecule has 0 atom stereocenters. The monoisotopic (exact) mass is 360 g/mol. The summed E-state index contributed by atoms with van der Waals surface area (Å²) in [5.74, 6) is -0.658. The predicted octanol–water partition coefficient (Wildman–Crippen LogP) is 4.82. The highest BCUT2D eigenvalue weighted by Gasteiger charge is 2.30. The van der Waals surface area contributed by atoms with Crippen molar-refractivity contribution in [2.24, 2.45) is 0 Å². The van der Waals surface area contributed by atoms with Gasteiger partial charge in [-0.25, -0.2) is 9.59 Å². The van der Waals surface area contributed by atoms with Crippen molar-refractivity contribution in [3.63, 3.8) is 0 Å². The van der Waals surface area contributed by atoms with E-state index in [9.17, 15) is 22.8 Å². The number of carbonyl (C=O) groups is 2. The van der Waals surface area contributed by atoms with Crippen LogP contribution in [0.1, 0.15) is 25.0 Å². The van der Waals surface area contributed by atoms with Crippen molar-refractivity contribution in [1.29, 1.82) is 0 Å². The zero-order valence-corrected chi connectivity index (χ0v) is 13.3. The van der Waals surface area contributed by atoms with E-state index < -0.39 is 30.0 Å². The van der Waals surface area contributed by atoms with Crippen molar-refractivity contribution in [2.75, 3.05) is 6.61 Å². The molecule has 0 saturated carbocycles. The molecule has 0 bridgehead atoms. The Bertz CT molecular complexity index is 691. The summed E-state index contributed by atoms with van der Waals surface area (Å²) in [5, 5.41) is 8.65. The number of benzene rings is 1. The second kappa shape index (κ2) is 8.76. The summed E-state index contributed by atoms with van der Waals surface area (Å²) in [6.07, 6.45) is -4.87. The van der Waals surface area contributed by atoms with Crippen LogP contribution in [0.3, 0.4) is 0 Å². The highest BCUT2D eigenvalue weighted by Crippen LogP contribution is 2.29. The van der Waals surface area contributed by atoms with E-state index in [4.69, 9.17) is 5.11 Å². The topological polar surface area (TPSA) is 82.1 Å². The van der Waals surface area contributed by atoms with Crippen molar-refractivity contribution in [2.45, 2.75) is 20.0 Å². The lowest BCUT2D eigenvalue weighted by molar-refractivity contribution is -0.137. The number of alkyl halides is 3. The molecule has 6 nitrogen and oxygen atoms in total. The molecule has 0 aromatic heterocycles. The predicted molar refractivity (Wildman–Crippen MR) is 80.4 cm³/mol. The van der Waals surface area contributed by atoms with Crippen LogP contribution >= 0.6 is 0 Å². The second-order valence-corrected chi connectivity index (χ2v) is 4.58. The van der Waals surface area contributed by atoms with Crippen LogP contribution in [0.15, 0.2) is 41.9 Å². The maximum Gasteiger partial charge on any atom is 0.516 e. The summed E-state index contributed by atoms with van der Waals surface area (Å²) in [6.45, 7) is 2.86. The summed E-state index contributed by atoms with van der Waals surface area (Å²) < 4.78 is 51.4. The summed E-state index contributed by atoms with van der Waals surface area (Å²) in [6, 6.07) is 4.48. The lowest BCUT2D eigenvalue weighted by Gasteiger charge is -2.09. The van der Waals surface area contributed by atoms with Crippen molar-refractivity contribution in [3.05, 3.63) is 53.0 Å². The van der Waals surface area contributed by atoms with Crippen molar-refractivity contribution in [3.8, 4) is 0 Å². The molecule has 136 valence electrons. The van der Waals surface area contributed by atoms with Crippen molar-refractivity contribution in [1.82, 2.24) is 0 Å². The fourth-order valence-corrected chi connectivity index (χ4v) is 1.59. The highest BCUT2D eigenvalue weighted by atomic mass is 19.4. The van der Waals surface area contributed by atoms with E-state index in [1.807, 2.05) is 0 Å². The van der Waals surface area contributed by atoms with Crippen molar-refractivity contribution < 1.29 is 42.1 Å². The summed E-state index contributed by atoms with van der Waals surface area (Å²) in [7, 11) is 0. The van der Waals surface area contributed by atoms with Crippen molar-refractivity contribution >= 4 is 18.4 Å². The molecular weight excluding hydrogens is 345 g/mol. The van der Waals surface area contributed by atoms with E-state index in [2.05, 4.69) is 14.2 Å². The van der Waals surface area contributed by atoms with E-state index in [1.54, 1.807) is 0 Å². The Morgan fingerprint density at radius 3 is 2.48 bits per heavy atom. The maximum absolute atomic E-state index is 12.7. The molecule has 1 rings (SSSR count). The van der Waals surface area contributed by atoms with Gasteiger partial charge < -0.3 is 19.3 Å². The van der Waals surface area contributed by atoms with E-state index >= 15 is 0 Å². The Kier molecular flexibility index (Phi) is 7.04. The number of carbonyl (C=O) groups excluding carboxylic acids is 1. The minimum absolute atomic E-state index is 0.00168. The van der Waals surface area contributed by atoms with Crippen LogP contribution in [0, 0.1) is 0 Å². The van der Waals surface area contributed by atoms with E-state index in [1.165, 1.54) is 38.1 Å². The molecule has 0 radical (unpaired) electrons. The van der Waals surface area contributed by atoms with Crippen LogP contribution in [0.25, 0.3) is 6.08 Å². The Hall–Kier alpha value is -2.97. The fraction of sp³-hybridized carbons (Fsp3) is 0.250. The standard InChI is InChI=1S/C16H15F3O6/c1-3-23-15(22)25-13(24-14(20)21)10(2)7-8-11-5-4-6-12(9-11)16(17,18)19/h4-9H,3H2,1-2H3,(H,20,21). The molecule has 1 aromatic carbocycles. The first kappa shape index (κ1) is 20.1. The first-order valence-electron chi connectivity index (χ1n) is 6.95. The first-order chi connectivity index (χ1) is 11.6. The van der Waals surface area contributed by atoms with Crippen LogP contribution in [-0.2, 0) is 20.4 Å². The molecule has 0 saturated heterocycles. The molecule has 25 heavy (non-hydrogen) atoms. The van der Waals surface area contributed by atoms with Gasteiger partial charge in [0, 0.05) is 5.57 Å². The van der Waals surface area contributed by atoms with Gasteiger partial charge in [0.05, 0.1) is 12.2 Å². The zero-order valence-electron chi connectivity index (χ0n) is 13.3. The Morgan fingerprint density at radius 2 is 1.92 bits per heavy atom. The highest BCUT2D eigenvalue weighted by molar-refractivity contribution is 5.64. The normalized spacial score (nSPS) is 12.5. The third kappa shape index (κ3) is 6.98. The molecule has 0 amide bonds. The molecule has 0 fully saturated rings. The molecule has 1 N–H and O–H groups in total. The minimum Gasteiger partial charge on any atom is -0.449 e. The van der Waals surface area contributed by atoms with Gasteiger partial charge in [0.1, 0.15) is 0 Å². The SMILES string of the molecule is CCOC(=O)OC(OC(=O)O)=C(C)C=Cc1cccc(C(F)(F)F)c1. The minimum atomic E-state index is -4.49. The summed E-state index contributed by atoms with van der Waals surface area (Å²) in [5.41, 5.74) is -0.575. The number of halogens is 3. The Labute approximate surface area is 141 Å². The second-order valence-electron chi connectivity index (χ2n) is 4.58. The molecule has 0 unspecified atom stereocenters. The molecule has 0 aliphatic heterocycles. The molecule has 0 aliphatic carbocycles. The number of rotatable bonds is 5. The largest absolute Gasteiger partial charge is 0.516 e. The van der Waals surface area contributed by atoms with Gasteiger partial charge in [-0.15, -0.1) is 0 Å². The smallest absolute Gasteiger partial charge is 0.449 e. The van der Waals surface area contributed by atoms with E-state index in [0.29, 0.717) is 0 Å². The average molecular weight is 360 g/mol. The number of hydrogen-bond acceptors (Lipinski definition) is 5. The van der Waals surface area contributed by atoms with Crippen LogP contribution in [0.5, 0.6) is 0 Å². The van der Waals surface area contributed by atoms with E-state index in [-0.39, 0.29) is 17.7 Å². The molecule has 9 heteroatoms. The third-order valence-corrected chi connectivity index (χ3v) is 2.68. The van der Waals surface area contributed by atoms with Gasteiger partial charge in [-0.2, -0.15) is 13.2 Å². The van der Waals surface area contributed by atoms with Crippen LogP contribution in [0.4, 0.5) is 22.8 Å². The van der Waals surface area contributed by atoms with Gasteiger partial charge >= 0.3 is 24.4 Å². The number of ether oxygens (including phenoxy) is 3. The number of hydrogen-bond donors (Lipinski definition) is 1. The van der Waals surface area contributed by atoms with Gasteiger partial charge in [0.2, 0.25) is 0 Å². The molecule has 1 aromatic rings. The zero-order chi connectivity index (χ0) is 19.0. The summed E-state index contributed by atoms with van der Waals surface area (Å²) in [4.78, 5) is 21.9. The quantitative estimate of drug-likeness (QED) is 0.461. The van der Waals surface area contributed by atoms with Gasteiger partial charge in [-0.05, 0) is 31.5 Å². The fourth-order valence-electron chi connectivity index (χ4n) is 1.59. The summed E-state index contributed by atoms with van der Waals surface area (Å²) >= 11 is 0. The van der Waals surface area contributed by atoms with Crippen LogP contribution < -0.4 is 0 Å². The number of allylic oxidation sites excluding steroid dienone is 2. The third-order valence-electron chi connectivity index (χ3n) is 2.68. The molecule has 0 aliphatic rings. The number of carboxylic acid groups (broad SMARTS) is 1.